The number of benzene rings is 2. The lowest BCUT2D eigenvalue weighted by molar-refractivity contribution is -0.116. The van der Waals surface area contributed by atoms with Crippen LogP contribution in [0.2, 0.25) is 5.02 Å². The lowest BCUT2D eigenvalue weighted by Gasteiger charge is -2.09. The molecule has 0 fully saturated rings. The standard InChI is InChI=1S/C19H18ClFN6O2/c1-10-3-6-15(11(2)7-10)24-16(28)9-27-18(22)17(25-26-27)19(29)23-12-4-5-14(21)13(20)8-12/h3-8H,9,22H2,1-2H3,(H,23,29)(H,24,28). The SMILES string of the molecule is Cc1ccc(NC(=O)Cn2nnc(C(=O)Nc3ccc(F)c(Cl)c3)c2N)c(C)c1. The summed E-state index contributed by atoms with van der Waals surface area (Å²) in [6, 6.07) is 9.36. The van der Waals surface area contributed by atoms with Gasteiger partial charge in [0.25, 0.3) is 5.91 Å². The minimum atomic E-state index is -0.661. The van der Waals surface area contributed by atoms with Crippen LogP contribution in [0.1, 0.15) is 21.6 Å². The van der Waals surface area contributed by atoms with E-state index in [0.717, 1.165) is 21.9 Å². The fourth-order valence-corrected chi connectivity index (χ4v) is 2.82. The zero-order valence-electron chi connectivity index (χ0n) is 15.7. The van der Waals surface area contributed by atoms with Gasteiger partial charge in [-0.3, -0.25) is 9.59 Å². The molecule has 0 saturated heterocycles. The normalized spacial score (nSPS) is 10.6. The molecular formula is C19H18ClFN6O2. The molecule has 0 atom stereocenters. The van der Waals surface area contributed by atoms with E-state index in [0.29, 0.717) is 5.69 Å². The van der Waals surface area contributed by atoms with E-state index in [4.69, 9.17) is 17.3 Å². The van der Waals surface area contributed by atoms with Gasteiger partial charge in [0.1, 0.15) is 12.4 Å². The molecule has 0 aliphatic heterocycles. The Morgan fingerprint density at radius 2 is 1.93 bits per heavy atom. The van der Waals surface area contributed by atoms with Crippen LogP contribution in [0.3, 0.4) is 0 Å². The lowest BCUT2D eigenvalue weighted by Crippen LogP contribution is -2.21. The van der Waals surface area contributed by atoms with Gasteiger partial charge in [0.2, 0.25) is 5.91 Å². The highest BCUT2D eigenvalue weighted by Crippen LogP contribution is 2.20. The summed E-state index contributed by atoms with van der Waals surface area (Å²) < 4.78 is 14.3. The molecule has 0 spiro atoms. The molecule has 2 amide bonds. The minimum Gasteiger partial charge on any atom is -0.382 e. The van der Waals surface area contributed by atoms with Crippen LogP contribution < -0.4 is 16.4 Å². The number of anilines is 3. The molecule has 0 saturated carbocycles. The third-order valence-electron chi connectivity index (χ3n) is 4.12. The summed E-state index contributed by atoms with van der Waals surface area (Å²) in [4.78, 5) is 24.7. The van der Waals surface area contributed by atoms with Gasteiger partial charge in [0.15, 0.2) is 11.5 Å². The van der Waals surface area contributed by atoms with Crippen molar-refractivity contribution in [1.82, 2.24) is 15.0 Å². The smallest absolute Gasteiger partial charge is 0.280 e. The van der Waals surface area contributed by atoms with Crippen LogP contribution in [0.25, 0.3) is 0 Å². The summed E-state index contributed by atoms with van der Waals surface area (Å²) in [6.07, 6.45) is 0. The number of nitrogen functional groups attached to an aromatic ring is 1. The number of hydrogen-bond donors (Lipinski definition) is 3. The number of nitrogens with two attached hydrogens (primary N) is 1. The Bertz CT molecular complexity index is 1100. The van der Waals surface area contributed by atoms with E-state index in [1.165, 1.54) is 12.1 Å². The Kier molecular flexibility index (Phi) is 5.79. The molecule has 3 aromatic rings. The van der Waals surface area contributed by atoms with Gasteiger partial charge >= 0.3 is 0 Å². The molecule has 2 aromatic carbocycles. The van der Waals surface area contributed by atoms with Gasteiger partial charge in [-0.1, -0.05) is 34.5 Å². The molecule has 8 nitrogen and oxygen atoms in total. The van der Waals surface area contributed by atoms with E-state index in [1.54, 1.807) is 6.07 Å². The number of carbonyl (C=O) groups excluding carboxylic acids is 2. The molecule has 1 aromatic heterocycles. The molecule has 0 aliphatic rings. The number of nitrogens with one attached hydrogen (secondary N) is 2. The molecular weight excluding hydrogens is 399 g/mol. The maximum absolute atomic E-state index is 13.2. The molecule has 3 rings (SSSR count). The number of hydrogen-bond acceptors (Lipinski definition) is 5. The average Bonchev–Trinajstić information content (AvgIpc) is 3.01. The van der Waals surface area contributed by atoms with Crippen molar-refractivity contribution in [1.29, 1.82) is 0 Å². The Hall–Kier alpha value is -3.46. The lowest BCUT2D eigenvalue weighted by atomic mass is 10.1. The van der Waals surface area contributed by atoms with E-state index in [2.05, 4.69) is 20.9 Å². The highest BCUT2D eigenvalue weighted by molar-refractivity contribution is 6.31. The highest BCUT2D eigenvalue weighted by atomic mass is 35.5. The minimum absolute atomic E-state index is 0.0773. The third-order valence-corrected chi connectivity index (χ3v) is 4.40. The molecule has 10 heteroatoms. The van der Waals surface area contributed by atoms with Gasteiger partial charge in [-0.2, -0.15) is 0 Å². The van der Waals surface area contributed by atoms with Gasteiger partial charge in [-0.15, -0.1) is 5.10 Å². The van der Waals surface area contributed by atoms with Crippen LogP contribution >= 0.6 is 11.6 Å². The van der Waals surface area contributed by atoms with Gasteiger partial charge < -0.3 is 16.4 Å². The highest BCUT2D eigenvalue weighted by Gasteiger charge is 2.19. The monoisotopic (exact) mass is 416 g/mol. The topological polar surface area (TPSA) is 115 Å². The maximum atomic E-state index is 13.2. The first-order valence-corrected chi connectivity index (χ1v) is 8.95. The second-order valence-electron chi connectivity index (χ2n) is 6.43. The predicted molar refractivity (Wildman–Crippen MR) is 108 cm³/mol. The number of aromatic nitrogens is 3. The van der Waals surface area contributed by atoms with Crippen LogP contribution in [0.15, 0.2) is 36.4 Å². The largest absolute Gasteiger partial charge is 0.382 e. The van der Waals surface area contributed by atoms with E-state index in [-0.39, 0.29) is 34.7 Å². The third kappa shape index (κ3) is 4.69. The van der Waals surface area contributed by atoms with E-state index in [1.807, 2.05) is 26.0 Å². The van der Waals surface area contributed by atoms with Gasteiger partial charge in [-0.05, 0) is 43.7 Å². The molecule has 0 aliphatic carbocycles. The summed E-state index contributed by atoms with van der Waals surface area (Å²) in [7, 11) is 0. The Morgan fingerprint density at radius 1 is 1.17 bits per heavy atom. The molecule has 4 N–H and O–H groups in total. The second-order valence-corrected chi connectivity index (χ2v) is 6.84. The summed E-state index contributed by atoms with van der Waals surface area (Å²) in [5, 5.41) is 12.6. The average molecular weight is 417 g/mol. The van der Waals surface area contributed by atoms with Crippen LogP contribution in [-0.2, 0) is 11.3 Å². The van der Waals surface area contributed by atoms with Crippen molar-refractivity contribution < 1.29 is 14.0 Å². The van der Waals surface area contributed by atoms with E-state index < -0.39 is 11.7 Å². The maximum Gasteiger partial charge on any atom is 0.280 e. The second kappa shape index (κ2) is 8.27. The zero-order valence-corrected chi connectivity index (χ0v) is 16.4. The summed E-state index contributed by atoms with van der Waals surface area (Å²) >= 11 is 5.69. The van der Waals surface area contributed by atoms with Crippen molar-refractivity contribution >= 4 is 40.6 Å². The fourth-order valence-electron chi connectivity index (χ4n) is 2.64. The van der Waals surface area contributed by atoms with Crippen LogP contribution in [0, 0.1) is 19.7 Å². The molecule has 0 radical (unpaired) electrons. The van der Waals surface area contributed by atoms with Crippen molar-refractivity contribution in [2.24, 2.45) is 0 Å². The van der Waals surface area contributed by atoms with Gasteiger partial charge in [-0.25, -0.2) is 9.07 Å². The van der Waals surface area contributed by atoms with Crippen molar-refractivity contribution in [2.45, 2.75) is 20.4 Å². The first-order chi connectivity index (χ1) is 13.7. The molecule has 150 valence electrons. The fraction of sp³-hybridized carbons (Fsp3) is 0.158. The molecule has 0 bridgehead atoms. The van der Waals surface area contributed by atoms with Gasteiger partial charge in [0.05, 0.1) is 5.02 Å². The number of rotatable bonds is 5. The summed E-state index contributed by atoms with van der Waals surface area (Å²) in [6.45, 7) is 3.62. The first kappa shape index (κ1) is 20.3. The molecule has 1 heterocycles. The number of nitrogens with zero attached hydrogens (tertiary/aromatic N) is 3. The Labute approximate surface area is 170 Å². The van der Waals surface area contributed by atoms with Crippen molar-refractivity contribution in [2.75, 3.05) is 16.4 Å². The van der Waals surface area contributed by atoms with Crippen molar-refractivity contribution in [3.05, 3.63) is 64.1 Å². The Balaban J connectivity index is 1.68. The quantitative estimate of drug-likeness (QED) is 0.591. The number of amides is 2. The number of halogens is 2. The summed E-state index contributed by atoms with van der Waals surface area (Å²) in [5.74, 6) is -1.71. The van der Waals surface area contributed by atoms with Crippen LogP contribution in [-0.4, -0.2) is 26.8 Å². The molecule has 0 unspecified atom stereocenters. The Morgan fingerprint density at radius 3 is 2.62 bits per heavy atom. The number of carbonyl (C=O) groups is 2. The zero-order chi connectivity index (χ0) is 21.1. The van der Waals surface area contributed by atoms with Gasteiger partial charge in [0, 0.05) is 11.4 Å². The van der Waals surface area contributed by atoms with E-state index >= 15 is 0 Å². The first-order valence-electron chi connectivity index (χ1n) is 8.57. The molecule has 29 heavy (non-hydrogen) atoms. The van der Waals surface area contributed by atoms with Crippen molar-refractivity contribution in [3.63, 3.8) is 0 Å². The number of aryl methyl sites for hydroxylation is 2. The predicted octanol–water partition coefficient (Wildman–Crippen LogP) is 3.16. The summed E-state index contributed by atoms with van der Waals surface area (Å²) in [5.41, 5.74) is 8.69. The van der Waals surface area contributed by atoms with Crippen LogP contribution in [0.4, 0.5) is 21.6 Å². The van der Waals surface area contributed by atoms with E-state index in [9.17, 15) is 14.0 Å². The van der Waals surface area contributed by atoms with Crippen LogP contribution in [0.5, 0.6) is 0 Å². The van der Waals surface area contributed by atoms with Crippen molar-refractivity contribution in [3.8, 4) is 0 Å².